The van der Waals surface area contributed by atoms with Crippen LogP contribution < -0.4 is 17.0 Å². The highest BCUT2D eigenvalue weighted by Gasteiger charge is 2.24. The van der Waals surface area contributed by atoms with Crippen LogP contribution in [0.25, 0.3) is 22.5 Å². The van der Waals surface area contributed by atoms with Gasteiger partial charge >= 0.3 is 11.4 Å². The highest BCUT2D eigenvalue weighted by molar-refractivity contribution is 7.99. The first-order valence-corrected chi connectivity index (χ1v) is 13.3. The quantitative estimate of drug-likeness (QED) is 0.323. The highest BCUT2D eigenvalue weighted by Crippen LogP contribution is 2.31. The van der Waals surface area contributed by atoms with Crippen LogP contribution in [0.5, 0.6) is 0 Å². The van der Waals surface area contributed by atoms with Crippen molar-refractivity contribution in [3.63, 3.8) is 0 Å². The lowest BCUT2D eigenvalue weighted by atomic mass is 9.98. The van der Waals surface area contributed by atoms with Crippen molar-refractivity contribution in [2.45, 2.75) is 31.0 Å². The largest absolute Gasteiger partial charge is 0.439 e. The van der Waals surface area contributed by atoms with Crippen molar-refractivity contribution in [3.05, 3.63) is 127 Å². The van der Waals surface area contributed by atoms with Crippen LogP contribution in [0.1, 0.15) is 16.7 Å². The summed E-state index contributed by atoms with van der Waals surface area (Å²) in [6.07, 6.45) is 1.29. The van der Waals surface area contributed by atoms with Gasteiger partial charge in [-0.05, 0) is 35.1 Å². The first kappa shape index (κ1) is 24.0. The second-order valence-electron chi connectivity index (χ2n) is 9.13. The molecule has 1 N–H and O–H groups in total. The van der Waals surface area contributed by atoms with Gasteiger partial charge in [-0.25, -0.2) is 9.59 Å². The fourth-order valence-corrected chi connectivity index (χ4v) is 6.01. The van der Waals surface area contributed by atoms with Crippen LogP contribution in [-0.2, 0) is 25.9 Å². The first-order valence-electron chi connectivity index (χ1n) is 12.4. The van der Waals surface area contributed by atoms with E-state index in [0.29, 0.717) is 31.8 Å². The summed E-state index contributed by atoms with van der Waals surface area (Å²) < 4.78 is 7.81. The van der Waals surface area contributed by atoms with Crippen molar-refractivity contribution < 1.29 is 4.52 Å². The maximum absolute atomic E-state index is 13.5. The van der Waals surface area contributed by atoms with E-state index in [1.165, 1.54) is 4.57 Å². The molecule has 0 atom stereocenters. The molecule has 0 spiro atoms. The molecule has 0 unspecified atom stereocenters. The zero-order chi connectivity index (χ0) is 26.1. The Morgan fingerprint density at radius 2 is 1.58 bits per heavy atom. The standard InChI is InChI=1S/C29H24N4O4S/c34-26-24-15-17-38-27(24)33(29(36)32(26)16-14-19-6-2-1-3-7-19)18-20-10-12-21(13-11-20)22-8-4-5-9-23(22)25-30-28(35)37-31-25/h1-13H,14-18H2,(H,30,31,35). The summed E-state index contributed by atoms with van der Waals surface area (Å²) in [6, 6.07) is 25.4. The molecule has 9 heteroatoms. The van der Waals surface area contributed by atoms with Crippen LogP contribution in [0, 0.1) is 0 Å². The molecular formula is C29H24N4O4S. The minimum absolute atomic E-state index is 0.167. The number of thioether (sulfide) groups is 1. The van der Waals surface area contributed by atoms with Crippen LogP contribution in [0.4, 0.5) is 0 Å². The maximum atomic E-state index is 13.5. The predicted molar refractivity (Wildman–Crippen MR) is 147 cm³/mol. The molecule has 0 aliphatic carbocycles. The summed E-state index contributed by atoms with van der Waals surface area (Å²) >= 11 is 1.57. The molecule has 3 aromatic carbocycles. The van der Waals surface area contributed by atoms with E-state index in [0.717, 1.165) is 44.2 Å². The average molecular weight is 525 g/mol. The second kappa shape index (κ2) is 10.2. The molecule has 6 rings (SSSR count). The number of nitrogens with one attached hydrogen (secondary N) is 1. The molecule has 0 saturated carbocycles. The number of benzene rings is 3. The van der Waals surface area contributed by atoms with Gasteiger partial charge in [-0.1, -0.05) is 84.0 Å². The van der Waals surface area contributed by atoms with Gasteiger partial charge in [0.05, 0.1) is 11.6 Å². The SMILES string of the molecule is O=c1[nH]c(-c2ccccc2-c2ccc(Cn3c4c(c(=O)n(CCc5ccccc5)c3=O)CCS4)cc2)no1. The molecule has 8 nitrogen and oxygen atoms in total. The van der Waals surface area contributed by atoms with Gasteiger partial charge < -0.3 is 0 Å². The van der Waals surface area contributed by atoms with Gasteiger partial charge in [-0.2, -0.15) is 0 Å². The number of aromatic nitrogens is 4. The summed E-state index contributed by atoms with van der Waals surface area (Å²) in [5, 5.41) is 4.61. The average Bonchev–Trinajstić information content (AvgIpc) is 3.62. The Kier molecular flexibility index (Phi) is 6.43. The lowest BCUT2D eigenvalue weighted by molar-refractivity contribution is 0.388. The van der Waals surface area contributed by atoms with Crippen molar-refractivity contribution >= 4 is 11.8 Å². The fraction of sp³-hybridized carbons (Fsp3) is 0.172. The Balaban J connectivity index is 1.31. The van der Waals surface area contributed by atoms with Crippen molar-refractivity contribution in [2.75, 3.05) is 5.75 Å². The van der Waals surface area contributed by atoms with Gasteiger partial charge in [0.2, 0.25) is 0 Å². The molecule has 0 radical (unpaired) electrons. The molecule has 3 heterocycles. The van der Waals surface area contributed by atoms with Gasteiger partial charge in [-0.3, -0.25) is 23.4 Å². The lowest BCUT2D eigenvalue weighted by Gasteiger charge is -2.16. The van der Waals surface area contributed by atoms with E-state index in [2.05, 4.69) is 14.7 Å². The Morgan fingerprint density at radius 1 is 0.842 bits per heavy atom. The van der Waals surface area contributed by atoms with Crippen LogP contribution >= 0.6 is 11.8 Å². The van der Waals surface area contributed by atoms with Gasteiger partial charge in [0.15, 0.2) is 5.82 Å². The summed E-state index contributed by atoms with van der Waals surface area (Å²) in [7, 11) is 0. The zero-order valence-corrected chi connectivity index (χ0v) is 21.2. The molecule has 2 aromatic heterocycles. The molecule has 0 bridgehead atoms. The predicted octanol–water partition coefficient (Wildman–Crippen LogP) is 3.96. The van der Waals surface area contributed by atoms with E-state index in [4.69, 9.17) is 0 Å². The van der Waals surface area contributed by atoms with Crippen LogP contribution in [0.15, 0.2) is 103 Å². The van der Waals surface area contributed by atoms with Crippen LogP contribution in [-0.4, -0.2) is 25.0 Å². The Bertz CT molecular complexity index is 1780. The maximum Gasteiger partial charge on any atom is 0.439 e. The molecule has 190 valence electrons. The molecule has 0 amide bonds. The molecule has 1 aliphatic rings. The Morgan fingerprint density at radius 3 is 2.32 bits per heavy atom. The van der Waals surface area contributed by atoms with Gasteiger partial charge in [0.25, 0.3) is 5.56 Å². The monoisotopic (exact) mass is 524 g/mol. The number of hydrogen-bond acceptors (Lipinski definition) is 6. The number of H-pyrrole nitrogens is 1. The topological polar surface area (TPSA) is 103 Å². The van der Waals surface area contributed by atoms with E-state index in [9.17, 15) is 14.4 Å². The molecule has 5 aromatic rings. The van der Waals surface area contributed by atoms with Crippen LogP contribution in [0.3, 0.4) is 0 Å². The summed E-state index contributed by atoms with van der Waals surface area (Å²) in [5.74, 6) is 0.560. The van der Waals surface area contributed by atoms with E-state index >= 15 is 0 Å². The smallest absolute Gasteiger partial charge is 0.296 e. The minimum Gasteiger partial charge on any atom is -0.296 e. The first-order chi connectivity index (χ1) is 18.6. The molecular weight excluding hydrogens is 500 g/mol. The van der Waals surface area contributed by atoms with E-state index in [-0.39, 0.29) is 11.2 Å². The lowest BCUT2D eigenvalue weighted by Crippen LogP contribution is -2.42. The molecule has 0 fully saturated rings. The number of fused-ring (bicyclic) bond motifs is 1. The molecule has 38 heavy (non-hydrogen) atoms. The molecule has 1 aliphatic heterocycles. The number of aromatic amines is 1. The van der Waals surface area contributed by atoms with Crippen molar-refractivity contribution in [1.82, 2.24) is 19.3 Å². The summed E-state index contributed by atoms with van der Waals surface area (Å²) in [6.45, 7) is 0.720. The second-order valence-corrected chi connectivity index (χ2v) is 10.2. The third-order valence-electron chi connectivity index (χ3n) is 6.75. The normalized spacial score (nSPS) is 12.5. The van der Waals surface area contributed by atoms with Gasteiger partial charge in [0, 0.05) is 23.4 Å². The molecule has 0 saturated heterocycles. The van der Waals surface area contributed by atoms with Crippen molar-refractivity contribution in [2.24, 2.45) is 0 Å². The number of hydrogen-bond donors (Lipinski definition) is 1. The third-order valence-corrected chi connectivity index (χ3v) is 7.90. The van der Waals surface area contributed by atoms with E-state index in [1.54, 1.807) is 16.3 Å². The zero-order valence-electron chi connectivity index (χ0n) is 20.4. The number of rotatable bonds is 7. The Hall–Kier alpha value is -4.37. The van der Waals surface area contributed by atoms with Gasteiger partial charge in [-0.15, -0.1) is 11.8 Å². The third kappa shape index (κ3) is 4.56. The number of aryl methyl sites for hydroxylation is 1. The fourth-order valence-electron chi connectivity index (χ4n) is 4.85. The van der Waals surface area contributed by atoms with E-state index in [1.807, 2.05) is 78.9 Å². The summed E-state index contributed by atoms with van der Waals surface area (Å²) in [4.78, 5) is 40.8. The Labute approximate surface area is 221 Å². The van der Waals surface area contributed by atoms with Crippen molar-refractivity contribution in [3.8, 4) is 22.5 Å². The summed E-state index contributed by atoms with van der Waals surface area (Å²) in [5.41, 5.74) is 4.91. The minimum atomic E-state index is -0.605. The van der Waals surface area contributed by atoms with Crippen molar-refractivity contribution in [1.29, 1.82) is 0 Å². The van der Waals surface area contributed by atoms with Gasteiger partial charge in [0.1, 0.15) is 0 Å². The van der Waals surface area contributed by atoms with Crippen LogP contribution in [0.2, 0.25) is 0 Å². The highest BCUT2D eigenvalue weighted by atomic mass is 32.2. The van der Waals surface area contributed by atoms with E-state index < -0.39 is 5.76 Å². The number of nitrogens with zero attached hydrogens (tertiary/aromatic N) is 3.